The molecule has 0 atom stereocenters. The smallest absolute Gasteiger partial charge is 0.253 e. The van der Waals surface area contributed by atoms with Gasteiger partial charge in [0.15, 0.2) is 0 Å². The number of hydrogen-bond donors (Lipinski definition) is 0. The molecule has 0 spiro atoms. The second-order valence-electron chi connectivity index (χ2n) is 6.57. The number of methoxy groups -OCH3 is 1. The molecule has 0 aliphatic heterocycles. The van der Waals surface area contributed by atoms with Crippen molar-refractivity contribution < 1.29 is 9.53 Å². The first-order valence-corrected chi connectivity index (χ1v) is 9.08. The van der Waals surface area contributed by atoms with Gasteiger partial charge in [0, 0.05) is 25.8 Å². The second-order valence-corrected chi connectivity index (χ2v) is 6.98. The zero-order chi connectivity index (χ0) is 18.5. The van der Waals surface area contributed by atoms with Crippen molar-refractivity contribution in [3.8, 4) is 17.2 Å². The monoisotopic (exact) mass is 368 g/mol. The summed E-state index contributed by atoms with van der Waals surface area (Å²) < 4.78 is 5.15. The maximum atomic E-state index is 13.0. The van der Waals surface area contributed by atoms with Gasteiger partial charge in [0.25, 0.3) is 5.91 Å². The first-order chi connectivity index (χ1) is 12.6. The van der Waals surface area contributed by atoms with Crippen LogP contribution in [0, 0.1) is 17.2 Å². The summed E-state index contributed by atoms with van der Waals surface area (Å²) in [7, 11) is 1.65. The van der Waals surface area contributed by atoms with Crippen molar-refractivity contribution in [1.82, 2.24) is 4.90 Å². The molecule has 26 heavy (non-hydrogen) atoms. The Kier molecular flexibility index (Phi) is 5.92. The third-order valence-corrected chi connectivity index (χ3v) is 4.87. The molecule has 4 nitrogen and oxygen atoms in total. The fraction of sp³-hybridized carbons (Fsp3) is 0.333. The molecule has 1 amide bonds. The van der Waals surface area contributed by atoms with Crippen LogP contribution in [0.3, 0.4) is 0 Å². The fourth-order valence-electron chi connectivity index (χ4n) is 2.89. The number of benzene rings is 2. The number of carbonyl (C=O) groups is 1. The lowest BCUT2D eigenvalue weighted by atomic mass is 10.0. The summed E-state index contributed by atoms with van der Waals surface area (Å²) in [6, 6.07) is 14.9. The van der Waals surface area contributed by atoms with Gasteiger partial charge in [-0.25, -0.2) is 0 Å². The number of nitriles is 1. The lowest BCUT2D eigenvalue weighted by molar-refractivity contribution is 0.0686. The van der Waals surface area contributed by atoms with Crippen LogP contribution in [0.15, 0.2) is 42.5 Å². The van der Waals surface area contributed by atoms with E-state index in [0.29, 0.717) is 35.2 Å². The zero-order valence-electron chi connectivity index (χ0n) is 14.7. The average Bonchev–Trinajstić information content (AvgIpc) is 3.48. The summed E-state index contributed by atoms with van der Waals surface area (Å²) in [6.45, 7) is 1.91. The standard InChI is InChI=1S/C21H21ClN2O2/c1-26-10-9-24(14-15-5-6-15)21(25)18-4-2-3-16(11-18)17-7-8-19(13-23)20(22)12-17/h2-4,7-8,11-12,15H,5-6,9-10,14H2,1H3. The lowest BCUT2D eigenvalue weighted by Crippen LogP contribution is -2.35. The number of carbonyl (C=O) groups excluding carboxylic acids is 1. The van der Waals surface area contributed by atoms with E-state index in [1.54, 1.807) is 19.2 Å². The molecule has 0 heterocycles. The molecule has 0 N–H and O–H groups in total. The van der Waals surface area contributed by atoms with E-state index in [0.717, 1.165) is 17.7 Å². The highest BCUT2D eigenvalue weighted by Crippen LogP contribution is 2.31. The Labute approximate surface area is 158 Å². The molecular weight excluding hydrogens is 348 g/mol. The molecule has 2 aromatic rings. The van der Waals surface area contributed by atoms with Gasteiger partial charge in [-0.1, -0.05) is 29.8 Å². The normalized spacial score (nSPS) is 13.3. The van der Waals surface area contributed by atoms with E-state index in [4.69, 9.17) is 21.6 Å². The van der Waals surface area contributed by atoms with Crippen molar-refractivity contribution in [3.63, 3.8) is 0 Å². The highest BCUT2D eigenvalue weighted by atomic mass is 35.5. The van der Waals surface area contributed by atoms with Crippen molar-refractivity contribution in [2.24, 2.45) is 5.92 Å². The molecule has 1 fully saturated rings. The largest absolute Gasteiger partial charge is 0.383 e. The predicted octanol–water partition coefficient (Wildman–Crippen LogP) is 4.38. The van der Waals surface area contributed by atoms with Crippen molar-refractivity contribution in [3.05, 3.63) is 58.6 Å². The molecule has 1 saturated carbocycles. The summed E-state index contributed by atoms with van der Waals surface area (Å²) in [5, 5.41) is 9.42. The molecule has 5 heteroatoms. The Hall–Kier alpha value is -2.35. The SMILES string of the molecule is COCCN(CC1CC1)C(=O)c1cccc(-c2ccc(C#N)c(Cl)c2)c1. The van der Waals surface area contributed by atoms with E-state index < -0.39 is 0 Å². The van der Waals surface area contributed by atoms with Crippen LogP contribution in [0.4, 0.5) is 0 Å². The summed E-state index contributed by atoms with van der Waals surface area (Å²) in [6.07, 6.45) is 2.39. The minimum atomic E-state index is 0.0236. The number of halogens is 1. The van der Waals surface area contributed by atoms with Crippen LogP contribution in [0.25, 0.3) is 11.1 Å². The molecule has 2 aromatic carbocycles. The van der Waals surface area contributed by atoms with Gasteiger partial charge in [0.05, 0.1) is 17.2 Å². The number of rotatable bonds is 7. The molecule has 0 saturated heterocycles. The van der Waals surface area contributed by atoms with Crippen LogP contribution in [0.1, 0.15) is 28.8 Å². The molecule has 0 unspecified atom stereocenters. The summed E-state index contributed by atoms with van der Waals surface area (Å²) >= 11 is 6.14. The van der Waals surface area contributed by atoms with Gasteiger partial charge in [-0.2, -0.15) is 5.26 Å². The van der Waals surface area contributed by atoms with E-state index in [2.05, 4.69) is 6.07 Å². The summed E-state index contributed by atoms with van der Waals surface area (Å²) in [5.74, 6) is 0.645. The van der Waals surface area contributed by atoms with Crippen LogP contribution in [-0.4, -0.2) is 37.6 Å². The first kappa shape index (κ1) is 18.4. The van der Waals surface area contributed by atoms with Gasteiger partial charge in [-0.15, -0.1) is 0 Å². The number of nitrogens with zero attached hydrogens (tertiary/aromatic N) is 2. The van der Waals surface area contributed by atoms with Gasteiger partial charge in [-0.05, 0) is 54.2 Å². The Morgan fingerprint density at radius 1 is 1.27 bits per heavy atom. The molecule has 1 aliphatic carbocycles. The van der Waals surface area contributed by atoms with Crippen LogP contribution in [0.5, 0.6) is 0 Å². The van der Waals surface area contributed by atoms with E-state index in [1.807, 2.05) is 35.2 Å². The maximum Gasteiger partial charge on any atom is 0.253 e. The summed E-state index contributed by atoms with van der Waals surface area (Å²) in [4.78, 5) is 14.8. The Morgan fingerprint density at radius 2 is 2.04 bits per heavy atom. The molecular formula is C21H21ClN2O2. The molecule has 134 valence electrons. The molecule has 3 rings (SSSR count). The minimum Gasteiger partial charge on any atom is -0.383 e. The van der Waals surface area contributed by atoms with Gasteiger partial charge in [-0.3, -0.25) is 4.79 Å². The number of ether oxygens (including phenoxy) is 1. The predicted molar refractivity (Wildman–Crippen MR) is 102 cm³/mol. The van der Waals surface area contributed by atoms with Crippen molar-refractivity contribution in [2.75, 3.05) is 26.8 Å². The van der Waals surface area contributed by atoms with Gasteiger partial charge < -0.3 is 9.64 Å². The zero-order valence-corrected chi connectivity index (χ0v) is 15.5. The Morgan fingerprint density at radius 3 is 2.69 bits per heavy atom. The average molecular weight is 369 g/mol. The lowest BCUT2D eigenvalue weighted by Gasteiger charge is -2.22. The van der Waals surface area contributed by atoms with E-state index >= 15 is 0 Å². The highest BCUT2D eigenvalue weighted by molar-refractivity contribution is 6.32. The van der Waals surface area contributed by atoms with E-state index in [1.165, 1.54) is 12.8 Å². The third-order valence-electron chi connectivity index (χ3n) is 4.56. The first-order valence-electron chi connectivity index (χ1n) is 8.70. The van der Waals surface area contributed by atoms with Gasteiger partial charge >= 0.3 is 0 Å². The minimum absolute atomic E-state index is 0.0236. The molecule has 0 aromatic heterocycles. The molecule has 0 radical (unpaired) electrons. The van der Waals surface area contributed by atoms with Crippen LogP contribution >= 0.6 is 11.6 Å². The third kappa shape index (κ3) is 4.43. The van der Waals surface area contributed by atoms with Crippen molar-refractivity contribution in [2.45, 2.75) is 12.8 Å². The quantitative estimate of drug-likeness (QED) is 0.728. The van der Waals surface area contributed by atoms with Crippen molar-refractivity contribution in [1.29, 1.82) is 5.26 Å². The number of hydrogen-bond acceptors (Lipinski definition) is 3. The van der Waals surface area contributed by atoms with Crippen LogP contribution < -0.4 is 0 Å². The fourth-order valence-corrected chi connectivity index (χ4v) is 3.11. The Bertz CT molecular complexity index is 840. The van der Waals surface area contributed by atoms with Gasteiger partial charge in [0.2, 0.25) is 0 Å². The molecule has 1 aliphatic rings. The van der Waals surface area contributed by atoms with Crippen LogP contribution in [0.2, 0.25) is 5.02 Å². The van der Waals surface area contributed by atoms with Crippen LogP contribution in [-0.2, 0) is 4.74 Å². The summed E-state index contributed by atoms with van der Waals surface area (Å²) in [5.41, 5.74) is 2.88. The maximum absolute atomic E-state index is 13.0. The molecule has 0 bridgehead atoms. The van der Waals surface area contributed by atoms with E-state index in [-0.39, 0.29) is 5.91 Å². The van der Waals surface area contributed by atoms with E-state index in [9.17, 15) is 4.79 Å². The van der Waals surface area contributed by atoms with Gasteiger partial charge in [0.1, 0.15) is 6.07 Å². The topological polar surface area (TPSA) is 53.3 Å². The number of amides is 1. The second kappa shape index (κ2) is 8.35. The van der Waals surface area contributed by atoms with Crippen molar-refractivity contribution >= 4 is 17.5 Å². The Balaban J connectivity index is 1.84. The highest BCUT2D eigenvalue weighted by Gasteiger charge is 2.27.